The molecule has 220 valence electrons. The van der Waals surface area contributed by atoms with E-state index in [-0.39, 0.29) is 65.0 Å². The average molecular weight is 586 g/mol. The lowest BCUT2D eigenvalue weighted by molar-refractivity contribution is 0.0371. The summed E-state index contributed by atoms with van der Waals surface area (Å²) in [6.07, 6.45) is -0.522. The van der Waals surface area contributed by atoms with Gasteiger partial charge in [0.15, 0.2) is 10.7 Å². The second-order valence-corrected chi connectivity index (χ2v) is 11.9. The molecule has 3 amide bonds. The summed E-state index contributed by atoms with van der Waals surface area (Å²) in [4.78, 5) is 29.5. The zero-order valence-electron chi connectivity index (χ0n) is 23.6. The number of aromatic nitrogens is 1. The quantitative estimate of drug-likeness (QED) is 0.363. The highest BCUT2D eigenvalue weighted by Gasteiger charge is 2.34. The van der Waals surface area contributed by atoms with Gasteiger partial charge < -0.3 is 29.5 Å². The monoisotopic (exact) mass is 585 g/mol. The molecule has 41 heavy (non-hydrogen) atoms. The number of fused-ring (bicyclic) bond motifs is 1. The third-order valence-corrected chi connectivity index (χ3v) is 8.60. The van der Waals surface area contributed by atoms with E-state index >= 15 is 0 Å². The number of benzene rings is 2. The maximum atomic E-state index is 13.7. The van der Waals surface area contributed by atoms with Gasteiger partial charge in [-0.1, -0.05) is 30.3 Å². The van der Waals surface area contributed by atoms with E-state index in [0.717, 1.165) is 0 Å². The zero-order valence-corrected chi connectivity index (χ0v) is 24.4. The fraction of sp³-hybridized carbons (Fsp3) is 0.393. The number of rotatable bonds is 8. The van der Waals surface area contributed by atoms with Crippen LogP contribution in [0.15, 0.2) is 57.9 Å². The summed E-state index contributed by atoms with van der Waals surface area (Å²) >= 11 is 0. The summed E-state index contributed by atoms with van der Waals surface area (Å²) < 4.78 is 40.0. The van der Waals surface area contributed by atoms with E-state index < -0.39 is 28.1 Å². The molecule has 3 atom stereocenters. The van der Waals surface area contributed by atoms with Crippen LogP contribution >= 0.6 is 0 Å². The van der Waals surface area contributed by atoms with Gasteiger partial charge in [0.2, 0.25) is 0 Å². The first-order valence-corrected chi connectivity index (χ1v) is 14.6. The Morgan fingerprint density at radius 3 is 2.54 bits per heavy atom. The number of aryl methyl sites for hydroxylation is 2. The zero-order chi connectivity index (χ0) is 29.9. The van der Waals surface area contributed by atoms with Crippen molar-refractivity contribution >= 4 is 33.3 Å². The predicted molar refractivity (Wildman–Crippen MR) is 152 cm³/mol. The van der Waals surface area contributed by atoms with Crippen LogP contribution in [0.2, 0.25) is 0 Å². The topological polar surface area (TPSA) is 154 Å². The SMILES string of the molecule is Cc1noc(C)c1S(=O)(=O)Nc1ccc2c(c1)C(=O)N([C@@H](C)CO)C[C@H](C)[C@@H](CN(C)C(=O)Nc1ccccc1)O2. The summed E-state index contributed by atoms with van der Waals surface area (Å²) in [6, 6.07) is 12.7. The Balaban J connectivity index is 1.63. The molecule has 4 rings (SSSR count). The first kappa shape index (κ1) is 29.9. The molecule has 0 bridgehead atoms. The van der Waals surface area contributed by atoms with E-state index in [1.807, 2.05) is 25.1 Å². The lowest BCUT2D eigenvalue weighted by Gasteiger charge is -2.38. The van der Waals surface area contributed by atoms with Gasteiger partial charge in [0.25, 0.3) is 15.9 Å². The first-order chi connectivity index (χ1) is 19.4. The highest BCUT2D eigenvalue weighted by Crippen LogP contribution is 2.32. The van der Waals surface area contributed by atoms with Crippen LogP contribution in [-0.2, 0) is 10.0 Å². The Hall–Kier alpha value is -4.10. The van der Waals surface area contributed by atoms with E-state index in [2.05, 4.69) is 15.2 Å². The van der Waals surface area contributed by atoms with Crippen LogP contribution in [0.5, 0.6) is 5.75 Å². The smallest absolute Gasteiger partial charge is 0.321 e. The molecule has 0 saturated carbocycles. The van der Waals surface area contributed by atoms with Gasteiger partial charge >= 0.3 is 6.03 Å². The molecule has 0 radical (unpaired) electrons. The Morgan fingerprint density at radius 1 is 1.20 bits per heavy atom. The number of anilines is 2. The van der Waals surface area contributed by atoms with Gasteiger partial charge in [0.05, 0.1) is 24.8 Å². The number of urea groups is 1. The van der Waals surface area contributed by atoms with Crippen molar-refractivity contribution in [3.8, 4) is 5.75 Å². The number of hydrogen-bond donors (Lipinski definition) is 3. The number of nitrogens with zero attached hydrogens (tertiary/aromatic N) is 3. The van der Waals surface area contributed by atoms with Gasteiger partial charge in [-0.2, -0.15) is 0 Å². The van der Waals surface area contributed by atoms with Crippen LogP contribution in [0.3, 0.4) is 0 Å². The van der Waals surface area contributed by atoms with Crippen LogP contribution < -0.4 is 14.8 Å². The summed E-state index contributed by atoms with van der Waals surface area (Å²) in [5.74, 6) is -0.258. The molecule has 0 spiro atoms. The molecule has 1 aromatic heterocycles. The van der Waals surface area contributed by atoms with Crippen LogP contribution in [0.25, 0.3) is 0 Å². The lowest BCUT2D eigenvalue weighted by atomic mass is 9.99. The maximum absolute atomic E-state index is 13.7. The molecule has 12 nitrogen and oxygen atoms in total. The standard InChI is InChI=1S/C28H35N5O7S/c1-17-14-33(18(2)16-34)27(35)23-13-22(31-41(37,38)26-19(3)30-40-20(26)4)11-12-24(23)39-25(17)15-32(5)28(36)29-21-9-7-6-8-10-21/h6-13,17-18,25,31,34H,14-16H2,1-5H3,(H,29,36)/t17-,18-,25+/m0/s1. The molecule has 1 aliphatic rings. The van der Waals surface area contributed by atoms with Crippen LogP contribution in [-0.4, -0.2) is 79.3 Å². The Morgan fingerprint density at radius 2 is 1.90 bits per heavy atom. The van der Waals surface area contributed by atoms with Gasteiger partial charge in [-0.15, -0.1) is 0 Å². The predicted octanol–water partition coefficient (Wildman–Crippen LogP) is 3.48. The Labute approximate surface area is 239 Å². The molecule has 1 aliphatic heterocycles. The fourth-order valence-electron chi connectivity index (χ4n) is 4.66. The molecule has 2 aromatic carbocycles. The largest absolute Gasteiger partial charge is 0.487 e. The number of likely N-dealkylation sites (N-methyl/N-ethyl adjacent to an activating group) is 1. The van der Waals surface area contributed by atoms with E-state index in [1.165, 1.54) is 41.8 Å². The number of aliphatic hydroxyl groups excluding tert-OH is 1. The molecular weight excluding hydrogens is 550 g/mol. The highest BCUT2D eigenvalue weighted by atomic mass is 32.2. The van der Waals surface area contributed by atoms with E-state index in [4.69, 9.17) is 9.26 Å². The summed E-state index contributed by atoms with van der Waals surface area (Å²) in [5, 5.41) is 16.5. The minimum atomic E-state index is -4.06. The van der Waals surface area contributed by atoms with Gasteiger partial charge in [-0.05, 0) is 51.1 Å². The normalized spacial score (nSPS) is 18.0. The third-order valence-electron chi connectivity index (χ3n) is 6.98. The van der Waals surface area contributed by atoms with Gasteiger partial charge in [0.1, 0.15) is 17.5 Å². The number of ether oxygens (including phenoxy) is 1. The van der Waals surface area contributed by atoms with Crippen molar-refractivity contribution in [1.82, 2.24) is 15.0 Å². The Bertz CT molecular complexity index is 1490. The van der Waals surface area contributed by atoms with E-state index in [1.54, 1.807) is 26.1 Å². The van der Waals surface area contributed by atoms with Crippen molar-refractivity contribution in [3.05, 3.63) is 65.5 Å². The average Bonchev–Trinajstić information content (AvgIpc) is 3.29. The van der Waals surface area contributed by atoms with Crippen molar-refractivity contribution < 1.29 is 32.4 Å². The second kappa shape index (κ2) is 12.2. The molecule has 0 aliphatic carbocycles. The molecular formula is C28H35N5O7S. The van der Waals surface area contributed by atoms with Crippen LogP contribution in [0.1, 0.15) is 35.7 Å². The first-order valence-electron chi connectivity index (χ1n) is 13.2. The summed E-state index contributed by atoms with van der Waals surface area (Å²) in [5.41, 5.74) is 1.13. The van der Waals surface area contributed by atoms with Crippen molar-refractivity contribution in [2.45, 2.75) is 44.7 Å². The number of carbonyl (C=O) groups excluding carboxylic acids is 2. The summed E-state index contributed by atoms with van der Waals surface area (Å²) in [6.45, 7) is 6.84. The van der Waals surface area contributed by atoms with Crippen molar-refractivity contribution in [1.29, 1.82) is 0 Å². The van der Waals surface area contributed by atoms with E-state index in [9.17, 15) is 23.1 Å². The maximum Gasteiger partial charge on any atom is 0.321 e. The fourth-order valence-corrected chi connectivity index (χ4v) is 6.04. The molecule has 0 unspecified atom stereocenters. The third kappa shape index (κ3) is 6.63. The second-order valence-electron chi connectivity index (χ2n) is 10.3. The highest BCUT2D eigenvalue weighted by molar-refractivity contribution is 7.92. The molecule has 0 fully saturated rings. The number of hydrogen-bond acceptors (Lipinski definition) is 8. The lowest BCUT2D eigenvalue weighted by Crippen LogP contribution is -2.50. The molecule has 3 aromatic rings. The molecule has 2 heterocycles. The van der Waals surface area contributed by atoms with Crippen LogP contribution in [0.4, 0.5) is 16.2 Å². The van der Waals surface area contributed by atoms with Crippen molar-refractivity contribution in [3.63, 3.8) is 0 Å². The van der Waals surface area contributed by atoms with E-state index in [0.29, 0.717) is 5.69 Å². The van der Waals surface area contributed by atoms with Crippen LogP contribution in [0, 0.1) is 19.8 Å². The van der Waals surface area contributed by atoms with Crippen molar-refractivity contribution in [2.75, 3.05) is 36.8 Å². The Kier molecular flexibility index (Phi) is 8.88. The number of carbonyl (C=O) groups is 2. The molecule has 3 N–H and O–H groups in total. The van der Waals surface area contributed by atoms with Gasteiger partial charge in [-0.3, -0.25) is 9.52 Å². The number of nitrogens with one attached hydrogen (secondary N) is 2. The van der Waals surface area contributed by atoms with Gasteiger partial charge in [0, 0.05) is 30.9 Å². The minimum absolute atomic E-state index is 0.0759. The number of sulfonamides is 1. The number of para-hydroxylation sites is 1. The van der Waals surface area contributed by atoms with Gasteiger partial charge in [-0.25, -0.2) is 13.2 Å². The molecule has 0 saturated heterocycles. The van der Waals surface area contributed by atoms with Crippen molar-refractivity contribution in [2.24, 2.45) is 5.92 Å². The molecule has 13 heteroatoms. The number of amides is 3. The minimum Gasteiger partial charge on any atom is -0.487 e. The summed E-state index contributed by atoms with van der Waals surface area (Å²) in [7, 11) is -2.41. The number of aliphatic hydroxyl groups is 1.